The van der Waals surface area contributed by atoms with Gasteiger partial charge in [-0.1, -0.05) is 13.8 Å². The molecule has 0 aromatic carbocycles. The van der Waals surface area contributed by atoms with Crippen LogP contribution in [0.25, 0.3) is 0 Å². The van der Waals surface area contributed by atoms with Crippen molar-refractivity contribution >= 4 is 17.2 Å². The van der Waals surface area contributed by atoms with Crippen LogP contribution in [-0.4, -0.2) is 16.9 Å². The van der Waals surface area contributed by atoms with E-state index in [1.54, 1.807) is 5.51 Å². The molecule has 1 heterocycles. The largest absolute Gasteiger partial charge is 0.349 e. The number of nitrogens with one attached hydrogen (secondary N) is 1. The summed E-state index contributed by atoms with van der Waals surface area (Å²) in [6.07, 6.45) is 0.711. The lowest BCUT2D eigenvalue weighted by Crippen LogP contribution is -2.41. The Morgan fingerprint density at radius 1 is 1.67 bits per heavy atom. The quantitative estimate of drug-likeness (QED) is 0.792. The summed E-state index contributed by atoms with van der Waals surface area (Å²) in [5, 5.41) is 4.68. The average molecular weight is 227 g/mol. The van der Waals surface area contributed by atoms with Gasteiger partial charge >= 0.3 is 0 Å². The van der Waals surface area contributed by atoms with E-state index in [4.69, 9.17) is 5.73 Å². The lowest BCUT2D eigenvalue weighted by Gasteiger charge is -2.13. The Morgan fingerprint density at radius 3 is 2.93 bits per heavy atom. The number of carbonyl (C=O) groups excluding carboxylic acids is 1. The maximum atomic E-state index is 11.5. The smallest absolute Gasteiger partial charge is 0.237 e. The average Bonchev–Trinajstić information content (AvgIpc) is 2.65. The molecule has 1 amide bonds. The van der Waals surface area contributed by atoms with Crippen molar-refractivity contribution in [3.05, 3.63) is 16.6 Å². The van der Waals surface area contributed by atoms with E-state index in [1.165, 1.54) is 11.3 Å². The maximum absolute atomic E-state index is 11.5. The van der Waals surface area contributed by atoms with Crippen LogP contribution >= 0.6 is 11.3 Å². The molecular weight excluding hydrogens is 210 g/mol. The molecule has 1 aromatic rings. The Labute approximate surface area is 93.9 Å². The van der Waals surface area contributed by atoms with Crippen molar-refractivity contribution in [2.75, 3.05) is 0 Å². The maximum Gasteiger partial charge on any atom is 0.237 e. The van der Waals surface area contributed by atoms with Crippen molar-refractivity contribution in [1.29, 1.82) is 0 Å². The van der Waals surface area contributed by atoms with Gasteiger partial charge < -0.3 is 11.1 Å². The third kappa shape index (κ3) is 4.40. The van der Waals surface area contributed by atoms with Gasteiger partial charge in [0.25, 0.3) is 0 Å². The summed E-state index contributed by atoms with van der Waals surface area (Å²) in [5.41, 5.74) is 8.35. The van der Waals surface area contributed by atoms with Crippen LogP contribution in [0.15, 0.2) is 10.9 Å². The lowest BCUT2D eigenvalue weighted by molar-refractivity contribution is -0.122. The molecule has 0 aliphatic heterocycles. The van der Waals surface area contributed by atoms with Crippen LogP contribution in [0.3, 0.4) is 0 Å². The summed E-state index contributed by atoms with van der Waals surface area (Å²) in [7, 11) is 0. The van der Waals surface area contributed by atoms with Gasteiger partial charge in [0, 0.05) is 5.38 Å². The van der Waals surface area contributed by atoms with Crippen LogP contribution in [-0.2, 0) is 11.3 Å². The molecule has 15 heavy (non-hydrogen) atoms. The van der Waals surface area contributed by atoms with Gasteiger partial charge in [-0.15, -0.1) is 11.3 Å². The highest BCUT2D eigenvalue weighted by Crippen LogP contribution is 2.03. The minimum atomic E-state index is -0.413. The number of amides is 1. The van der Waals surface area contributed by atoms with E-state index in [0.29, 0.717) is 18.9 Å². The number of aromatic nitrogens is 1. The highest BCUT2D eigenvalue weighted by Gasteiger charge is 2.14. The molecule has 0 saturated carbocycles. The second-order valence-corrected chi connectivity index (χ2v) is 4.65. The summed E-state index contributed by atoms with van der Waals surface area (Å²) in [5.74, 6) is 0.335. The Bertz CT molecular complexity index is 298. The molecule has 0 aliphatic carbocycles. The number of hydrogen-bond donors (Lipinski definition) is 2. The van der Waals surface area contributed by atoms with Gasteiger partial charge in [-0.2, -0.15) is 0 Å². The second kappa shape index (κ2) is 5.82. The van der Waals surface area contributed by atoms with Crippen molar-refractivity contribution in [3.63, 3.8) is 0 Å². The van der Waals surface area contributed by atoms with Gasteiger partial charge in [0.2, 0.25) is 5.91 Å². The van der Waals surface area contributed by atoms with Crippen LogP contribution in [0.2, 0.25) is 0 Å². The van der Waals surface area contributed by atoms with Crippen molar-refractivity contribution in [2.45, 2.75) is 32.9 Å². The first-order valence-electron chi connectivity index (χ1n) is 5.00. The fourth-order valence-electron chi connectivity index (χ4n) is 1.25. The minimum absolute atomic E-state index is 0.100. The molecule has 0 unspecified atom stereocenters. The predicted octanol–water partition coefficient (Wildman–Crippen LogP) is 1.13. The molecule has 3 N–H and O–H groups in total. The fraction of sp³-hybridized carbons (Fsp3) is 0.600. The Morgan fingerprint density at radius 2 is 2.40 bits per heavy atom. The third-order valence-electron chi connectivity index (χ3n) is 1.99. The van der Waals surface area contributed by atoms with Gasteiger partial charge in [-0.25, -0.2) is 4.98 Å². The van der Waals surface area contributed by atoms with Crippen molar-refractivity contribution in [1.82, 2.24) is 10.3 Å². The first kappa shape index (κ1) is 12.1. The van der Waals surface area contributed by atoms with Gasteiger partial charge in [-0.05, 0) is 12.3 Å². The first-order chi connectivity index (χ1) is 7.09. The Balaban J connectivity index is 2.29. The number of nitrogens with two attached hydrogens (primary N) is 1. The summed E-state index contributed by atoms with van der Waals surface area (Å²) < 4.78 is 0. The topological polar surface area (TPSA) is 68.0 Å². The monoisotopic (exact) mass is 227 g/mol. The summed E-state index contributed by atoms with van der Waals surface area (Å²) in [6.45, 7) is 4.56. The number of thiazole rings is 1. The summed E-state index contributed by atoms with van der Waals surface area (Å²) in [4.78, 5) is 15.6. The molecule has 0 radical (unpaired) electrons. The molecule has 0 spiro atoms. The van der Waals surface area contributed by atoms with E-state index >= 15 is 0 Å². The number of rotatable bonds is 5. The SMILES string of the molecule is CC(C)C[C@@H](N)C(=O)NCc1cscn1. The van der Waals surface area contributed by atoms with Gasteiger partial charge in [0.1, 0.15) is 0 Å². The molecule has 0 bridgehead atoms. The predicted molar refractivity (Wildman–Crippen MR) is 61.4 cm³/mol. The van der Waals surface area contributed by atoms with Gasteiger partial charge in [-0.3, -0.25) is 4.79 Å². The second-order valence-electron chi connectivity index (χ2n) is 3.93. The van der Waals surface area contributed by atoms with E-state index in [1.807, 2.05) is 19.2 Å². The first-order valence-corrected chi connectivity index (χ1v) is 5.94. The van der Waals surface area contributed by atoms with Crippen LogP contribution in [0.5, 0.6) is 0 Å². The molecule has 0 aliphatic rings. The van der Waals surface area contributed by atoms with E-state index in [0.717, 1.165) is 5.69 Å². The molecule has 0 fully saturated rings. The highest BCUT2D eigenvalue weighted by molar-refractivity contribution is 7.07. The minimum Gasteiger partial charge on any atom is -0.349 e. The normalized spacial score (nSPS) is 12.8. The van der Waals surface area contributed by atoms with Crippen molar-refractivity contribution in [2.24, 2.45) is 11.7 Å². The molecule has 5 heteroatoms. The molecule has 0 saturated heterocycles. The molecule has 84 valence electrons. The number of nitrogens with zero attached hydrogens (tertiary/aromatic N) is 1. The van der Waals surface area contributed by atoms with E-state index < -0.39 is 6.04 Å². The zero-order valence-corrected chi connectivity index (χ0v) is 9.88. The number of hydrogen-bond acceptors (Lipinski definition) is 4. The summed E-state index contributed by atoms with van der Waals surface area (Å²) in [6, 6.07) is -0.413. The zero-order valence-electron chi connectivity index (χ0n) is 9.06. The van der Waals surface area contributed by atoms with Crippen LogP contribution in [0.4, 0.5) is 0 Å². The van der Waals surface area contributed by atoms with Gasteiger partial charge in [0.15, 0.2) is 0 Å². The van der Waals surface area contributed by atoms with Crippen molar-refractivity contribution in [3.8, 4) is 0 Å². The van der Waals surface area contributed by atoms with E-state index in [9.17, 15) is 4.79 Å². The molecule has 1 atom stereocenters. The molecule has 1 aromatic heterocycles. The van der Waals surface area contributed by atoms with Crippen molar-refractivity contribution < 1.29 is 4.79 Å². The number of carbonyl (C=O) groups is 1. The van der Waals surface area contributed by atoms with Crippen LogP contribution in [0.1, 0.15) is 26.0 Å². The zero-order chi connectivity index (χ0) is 11.3. The highest BCUT2D eigenvalue weighted by atomic mass is 32.1. The third-order valence-corrected chi connectivity index (χ3v) is 2.62. The lowest BCUT2D eigenvalue weighted by atomic mass is 10.0. The Kier molecular flexibility index (Phi) is 4.71. The molecule has 1 rings (SSSR count). The van der Waals surface area contributed by atoms with Gasteiger partial charge in [0.05, 0.1) is 23.8 Å². The Hall–Kier alpha value is -0.940. The standard InChI is InChI=1S/C10H17N3OS/c1-7(2)3-9(11)10(14)12-4-8-5-15-6-13-8/h5-7,9H,3-4,11H2,1-2H3,(H,12,14)/t9-/m1/s1. The fourth-order valence-corrected chi connectivity index (χ4v) is 1.81. The summed E-state index contributed by atoms with van der Waals surface area (Å²) >= 11 is 1.52. The molecule has 4 nitrogen and oxygen atoms in total. The van der Waals surface area contributed by atoms with E-state index in [-0.39, 0.29) is 5.91 Å². The molecular formula is C10H17N3OS. The van der Waals surface area contributed by atoms with Crippen LogP contribution < -0.4 is 11.1 Å². The van der Waals surface area contributed by atoms with E-state index in [2.05, 4.69) is 10.3 Å². The van der Waals surface area contributed by atoms with Crippen LogP contribution in [0, 0.1) is 5.92 Å².